The molecule has 0 spiro atoms. The molecule has 2 aromatic carbocycles. The van der Waals surface area contributed by atoms with Crippen LogP contribution in [0.1, 0.15) is 0 Å². The Bertz CT molecular complexity index is 950. The highest BCUT2D eigenvalue weighted by Gasteiger charge is 2.29. The van der Waals surface area contributed by atoms with Gasteiger partial charge in [-0.3, -0.25) is 4.79 Å². The molecule has 10 heteroatoms. The largest absolute Gasteiger partial charge is 0.497 e. The highest BCUT2D eigenvalue weighted by molar-refractivity contribution is 7.90. The lowest BCUT2D eigenvalue weighted by Gasteiger charge is -2.27. The number of benzene rings is 2. The normalized spacial score (nSPS) is 11.2. The molecule has 0 fully saturated rings. The van der Waals surface area contributed by atoms with Crippen molar-refractivity contribution in [3.05, 3.63) is 48.3 Å². The maximum atomic E-state index is 14.2. The molecule has 0 heterocycles. The molecule has 1 N–H and O–H groups in total. The van der Waals surface area contributed by atoms with Crippen LogP contribution in [0.4, 0.5) is 15.8 Å². The van der Waals surface area contributed by atoms with Gasteiger partial charge in [-0.15, -0.1) is 0 Å². The monoisotopic (exact) mass is 411 g/mol. The lowest BCUT2D eigenvalue weighted by atomic mass is 10.2. The standard InChI is InChI=1S/C18H22FN3O5S/c1-21(2)28(24,25)22(16-8-6-5-7-14(16)19)12-18(23)20-15-10-9-13(26-3)11-17(15)27-4/h5-11H,12H2,1-4H3,(H,20,23). The van der Waals surface area contributed by atoms with E-state index in [1.807, 2.05) is 0 Å². The van der Waals surface area contributed by atoms with Crippen LogP contribution in [0.15, 0.2) is 42.5 Å². The van der Waals surface area contributed by atoms with E-state index >= 15 is 0 Å². The third-order valence-corrected chi connectivity index (χ3v) is 5.64. The molecule has 152 valence electrons. The Morgan fingerprint density at radius 1 is 1.11 bits per heavy atom. The summed E-state index contributed by atoms with van der Waals surface area (Å²) in [7, 11) is 1.40. The summed E-state index contributed by atoms with van der Waals surface area (Å²) in [4.78, 5) is 12.6. The summed E-state index contributed by atoms with van der Waals surface area (Å²) in [6.45, 7) is -0.628. The minimum absolute atomic E-state index is 0.229. The van der Waals surface area contributed by atoms with Crippen molar-refractivity contribution >= 4 is 27.5 Å². The molecule has 0 saturated carbocycles. The van der Waals surface area contributed by atoms with E-state index in [0.717, 1.165) is 10.4 Å². The first-order chi connectivity index (χ1) is 13.2. The van der Waals surface area contributed by atoms with E-state index in [1.54, 1.807) is 18.2 Å². The zero-order chi connectivity index (χ0) is 20.9. The smallest absolute Gasteiger partial charge is 0.304 e. The highest BCUT2D eigenvalue weighted by Crippen LogP contribution is 2.29. The molecule has 28 heavy (non-hydrogen) atoms. The molecule has 0 aromatic heterocycles. The zero-order valence-corrected chi connectivity index (χ0v) is 16.8. The number of nitrogens with zero attached hydrogens (tertiary/aromatic N) is 2. The first-order valence-corrected chi connectivity index (χ1v) is 9.57. The fraction of sp³-hybridized carbons (Fsp3) is 0.278. The molecule has 0 atom stereocenters. The Labute approximate surface area is 163 Å². The topological polar surface area (TPSA) is 88.2 Å². The maximum absolute atomic E-state index is 14.2. The number of hydrogen-bond acceptors (Lipinski definition) is 5. The van der Waals surface area contributed by atoms with Gasteiger partial charge in [0.25, 0.3) is 0 Å². The molecule has 2 rings (SSSR count). The molecule has 0 radical (unpaired) electrons. The first kappa shape index (κ1) is 21.5. The Morgan fingerprint density at radius 2 is 1.79 bits per heavy atom. The van der Waals surface area contributed by atoms with Crippen LogP contribution in [0.25, 0.3) is 0 Å². The van der Waals surface area contributed by atoms with Gasteiger partial charge in [0.1, 0.15) is 23.9 Å². The van der Waals surface area contributed by atoms with Crippen molar-refractivity contribution in [3.63, 3.8) is 0 Å². The molecule has 8 nitrogen and oxygen atoms in total. The predicted octanol–water partition coefficient (Wildman–Crippen LogP) is 2.09. The van der Waals surface area contributed by atoms with Crippen LogP contribution in [0.2, 0.25) is 0 Å². The van der Waals surface area contributed by atoms with Crippen LogP contribution in [-0.4, -0.2) is 53.5 Å². The van der Waals surface area contributed by atoms with E-state index in [-0.39, 0.29) is 5.69 Å². The third kappa shape index (κ3) is 4.70. The van der Waals surface area contributed by atoms with Crippen LogP contribution in [0, 0.1) is 5.82 Å². The quantitative estimate of drug-likeness (QED) is 0.719. The fourth-order valence-electron chi connectivity index (χ4n) is 2.36. The molecular formula is C18H22FN3O5S. The maximum Gasteiger partial charge on any atom is 0.304 e. The van der Waals surface area contributed by atoms with E-state index in [9.17, 15) is 17.6 Å². The number of carbonyl (C=O) groups excluding carboxylic acids is 1. The molecule has 0 aliphatic carbocycles. The molecule has 0 unspecified atom stereocenters. The molecular weight excluding hydrogens is 389 g/mol. The second kappa shape index (κ2) is 8.89. The summed E-state index contributed by atoms with van der Waals surface area (Å²) in [5, 5.41) is 2.58. The van der Waals surface area contributed by atoms with Crippen molar-refractivity contribution in [2.75, 3.05) is 44.5 Å². The lowest BCUT2D eigenvalue weighted by molar-refractivity contribution is -0.114. The first-order valence-electron chi connectivity index (χ1n) is 8.17. The van der Waals surface area contributed by atoms with E-state index < -0.39 is 28.5 Å². The zero-order valence-electron chi connectivity index (χ0n) is 16.0. The van der Waals surface area contributed by atoms with Gasteiger partial charge in [0.15, 0.2) is 0 Å². The average molecular weight is 411 g/mol. The van der Waals surface area contributed by atoms with Gasteiger partial charge >= 0.3 is 10.2 Å². The van der Waals surface area contributed by atoms with Crippen molar-refractivity contribution in [1.29, 1.82) is 0 Å². The summed E-state index contributed by atoms with van der Waals surface area (Å²) < 4.78 is 51.4. The van der Waals surface area contributed by atoms with Crippen molar-refractivity contribution in [1.82, 2.24) is 4.31 Å². The van der Waals surface area contributed by atoms with Crippen LogP contribution in [0.3, 0.4) is 0 Å². The molecule has 0 saturated heterocycles. The second-order valence-corrected chi connectivity index (χ2v) is 7.93. The number of carbonyl (C=O) groups is 1. The van der Waals surface area contributed by atoms with Crippen molar-refractivity contribution in [3.8, 4) is 11.5 Å². The van der Waals surface area contributed by atoms with E-state index in [4.69, 9.17) is 9.47 Å². The van der Waals surface area contributed by atoms with Gasteiger partial charge in [0.2, 0.25) is 5.91 Å². The van der Waals surface area contributed by atoms with Crippen LogP contribution in [-0.2, 0) is 15.0 Å². The number of para-hydroxylation sites is 1. The van der Waals surface area contributed by atoms with Crippen LogP contribution in [0.5, 0.6) is 11.5 Å². The molecule has 0 bridgehead atoms. The van der Waals surface area contributed by atoms with Crippen molar-refractivity contribution < 1.29 is 27.1 Å². The number of ether oxygens (including phenoxy) is 2. The van der Waals surface area contributed by atoms with Gasteiger partial charge < -0.3 is 14.8 Å². The minimum Gasteiger partial charge on any atom is -0.497 e. The lowest BCUT2D eigenvalue weighted by Crippen LogP contribution is -2.44. The summed E-state index contributed by atoms with van der Waals surface area (Å²) in [5.41, 5.74) is 0.0945. The third-order valence-electron chi connectivity index (χ3n) is 3.83. The summed E-state index contributed by atoms with van der Waals surface area (Å²) in [6, 6.07) is 10.1. The van der Waals surface area contributed by atoms with Gasteiger partial charge in [0.05, 0.1) is 25.6 Å². The molecule has 2 aromatic rings. The SMILES string of the molecule is COc1ccc(NC(=O)CN(c2ccccc2F)S(=O)(=O)N(C)C)c(OC)c1. The number of nitrogens with one attached hydrogen (secondary N) is 1. The number of hydrogen-bond donors (Lipinski definition) is 1. The fourth-order valence-corrected chi connectivity index (χ4v) is 3.44. The van der Waals surface area contributed by atoms with Gasteiger partial charge in [-0.1, -0.05) is 12.1 Å². The summed E-state index contributed by atoms with van der Waals surface area (Å²) >= 11 is 0. The van der Waals surface area contributed by atoms with E-state index in [2.05, 4.69) is 5.32 Å². The van der Waals surface area contributed by atoms with Crippen molar-refractivity contribution in [2.24, 2.45) is 0 Å². The highest BCUT2D eigenvalue weighted by atomic mass is 32.2. The number of anilines is 2. The van der Waals surface area contributed by atoms with E-state index in [0.29, 0.717) is 21.5 Å². The van der Waals surface area contributed by atoms with E-state index in [1.165, 1.54) is 46.5 Å². The molecule has 0 aliphatic heterocycles. The van der Waals surface area contributed by atoms with Crippen LogP contribution >= 0.6 is 0 Å². The van der Waals surface area contributed by atoms with Crippen LogP contribution < -0.4 is 19.1 Å². The summed E-state index contributed by atoms with van der Waals surface area (Å²) in [6.07, 6.45) is 0. The molecule has 0 aliphatic rings. The Morgan fingerprint density at radius 3 is 2.36 bits per heavy atom. The number of rotatable bonds is 8. The average Bonchev–Trinajstić information content (AvgIpc) is 2.66. The van der Waals surface area contributed by atoms with Gasteiger partial charge in [0, 0.05) is 20.2 Å². The predicted molar refractivity (Wildman–Crippen MR) is 105 cm³/mol. The number of amides is 1. The van der Waals surface area contributed by atoms with Gasteiger partial charge in [-0.2, -0.15) is 12.7 Å². The minimum atomic E-state index is -4.11. The van der Waals surface area contributed by atoms with Gasteiger partial charge in [-0.05, 0) is 24.3 Å². The second-order valence-electron chi connectivity index (χ2n) is 5.86. The Kier molecular flexibility index (Phi) is 6.81. The Balaban J connectivity index is 2.33. The molecule has 1 amide bonds. The summed E-state index contributed by atoms with van der Waals surface area (Å²) in [5.74, 6) is -0.571. The van der Waals surface area contributed by atoms with Gasteiger partial charge in [-0.25, -0.2) is 8.70 Å². The Hall–Kier alpha value is -2.85. The van der Waals surface area contributed by atoms with Crippen molar-refractivity contribution in [2.45, 2.75) is 0 Å². The number of halogens is 1. The number of methoxy groups -OCH3 is 2.